The number of fused-ring (bicyclic) bond motifs is 1. The van der Waals surface area contributed by atoms with Crippen molar-refractivity contribution in [3.8, 4) is 0 Å². The van der Waals surface area contributed by atoms with Crippen LogP contribution in [-0.2, 0) is 31.9 Å². The Balaban J connectivity index is 1.73. The fraction of sp³-hybridized carbons (Fsp3) is 0.227. The van der Waals surface area contributed by atoms with Crippen molar-refractivity contribution in [1.29, 1.82) is 0 Å². The molecule has 0 amide bonds. The number of imidazole rings is 1. The van der Waals surface area contributed by atoms with Crippen LogP contribution in [0.5, 0.6) is 0 Å². The summed E-state index contributed by atoms with van der Waals surface area (Å²) < 4.78 is 3.99. The van der Waals surface area contributed by atoms with Crippen molar-refractivity contribution in [3.05, 3.63) is 78.7 Å². The third kappa shape index (κ3) is 4.55. The molecule has 10 nitrogen and oxygen atoms in total. The van der Waals surface area contributed by atoms with Crippen LogP contribution in [0.1, 0.15) is 17.7 Å². The molecular weight excluding hydrogens is 483 g/mol. The molecule has 34 heavy (non-hydrogen) atoms. The minimum Gasteiger partial charge on any atom is -0.481 e. The predicted molar refractivity (Wildman–Crippen MR) is 129 cm³/mol. The van der Waals surface area contributed by atoms with E-state index < -0.39 is 17.2 Å². The molecule has 0 atom stereocenters. The van der Waals surface area contributed by atoms with Crippen LogP contribution in [0, 0.1) is 0 Å². The summed E-state index contributed by atoms with van der Waals surface area (Å²) in [5.74, 6) is -0.571. The van der Waals surface area contributed by atoms with E-state index in [1.54, 1.807) is 55.2 Å². The van der Waals surface area contributed by atoms with E-state index in [1.165, 1.54) is 4.57 Å². The molecule has 4 aromatic rings. The lowest BCUT2D eigenvalue weighted by atomic mass is 10.2. The molecule has 12 heteroatoms. The van der Waals surface area contributed by atoms with Gasteiger partial charge in [0.1, 0.15) is 0 Å². The molecule has 0 unspecified atom stereocenters. The van der Waals surface area contributed by atoms with E-state index >= 15 is 0 Å². The maximum absolute atomic E-state index is 13.3. The fourth-order valence-electron chi connectivity index (χ4n) is 3.57. The van der Waals surface area contributed by atoms with E-state index in [-0.39, 0.29) is 30.6 Å². The van der Waals surface area contributed by atoms with Gasteiger partial charge in [0, 0.05) is 38.1 Å². The Bertz CT molecular complexity index is 1540. The van der Waals surface area contributed by atoms with Crippen molar-refractivity contribution in [2.75, 3.05) is 5.32 Å². The van der Waals surface area contributed by atoms with Gasteiger partial charge in [-0.2, -0.15) is 4.98 Å². The average Bonchev–Trinajstić information content (AvgIpc) is 3.12. The molecule has 0 saturated carbocycles. The molecule has 3 heterocycles. The number of anilines is 2. The molecule has 0 radical (unpaired) electrons. The average molecular weight is 503 g/mol. The molecule has 1 aromatic carbocycles. The number of nitrogens with one attached hydrogen (secondary N) is 1. The fourth-order valence-corrected chi connectivity index (χ4v) is 3.89. The molecule has 0 aliphatic carbocycles. The lowest BCUT2D eigenvalue weighted by Crippen LogP contribution is -2.39. The lowest BCUT2D eigenvalue weighted by Gasteiger charge is -2.09. The van der Waals surface area contributed by atoms with Crippen LogP contribution < -0.4 is 16.6 Å². The van der Waals surface area contributed by atoms with Crippen molar-refractivity contribution < 1.29 is 9.90 Å². The third-order valence-corrected chi connectivity index (χ3v) is 6.09. The summed E-state index contributed by atoms with van der Waals surface area (Å²) in [6, 6.07) is 8.33. The lowest BCUT2D eigenvalue weighted by molar-refractivity contribution is -0.136. The Kier molecular flexibility index (Phi) is 6.45. The van der Waals surface area contributed by atoms with E-state index in [0.29, 0.717) is 32.9 Å². The van der Waals surface area contributed by atoms with Gasteiger partial charge in [0.25, 0.3) is 5.56 Å². The van der Waals surface area contributed by atoms with Crippen LogP contribution in [0.3, 0.4) is 0 Å². The number of carbonyl (C=O) groups is 1. The van der Waals surface area contributed by atoms with Gasteiger partial charge in [0.2, 0.25) is 5.95 Å². The van der Waals surface area contributed by atoms with Crippen LogP contribution in [0.15, 0.2) is 46.1 Å². The number of carboxylic acids is 1. The van der Waals surface area contributed by atoms with Crippen LogP contribution >= 0.6 is 23.2 Å². The molecular formula is C22H20Cl2N6O4. The van der Waals surface area contributed by atoms with Crippen LogP contribution in [0.25, 0.3) is 11.2 Å². The summed E-state index contributed by atoms with van der Waals surface area (Å²) in [6.07, 6.45) is 1.80. The number of pyridine rings is 1. The van der Waals surface area contributed by atoms with Gasteiger partial charge in [-0.3, -0.25) is 23.7 Å². The second-order valence-electron chi connectivity index (χ2n) is 7.70. The maximum Gasteiger partial charge on any atom is 0.332 e. The monoisotopic (exact) mass is 502 g/mol. The van der Waals surface area contributed by atoms with Gasteiger partial charge < -0.3 is 15.0 Å². The summed E-state index contributed by atoms with van der Waals surface area (Å²) in [6.45, 7) is 0.0174. The van der Waals surface area contributed by atoms with Gasteiger partial charge in [0.15, 0.2) is 11.2 Å². The number of hydrogen-bond acceptors (Lipinski definition) is 6. The normalized spacial score (nSPS) is 11.2. The van der Waals surface area contributed by atoms with Gasteiger partial charge in [-0.25, -0.2) is 4.79 Å². The minimum atomic E-state index is -0.909. The third-order valence-electron chi connectivity index (χ3n) is 5.35. The highest BCUT2D eigenvalue weighted by atomic mass is 35.5. The van der Waals surface area contributed by atoms with Crippen molar-refractivity contribution in [3.63, 3.8) is 0 Å². The van der Waals surface area contributed by atoms with Gasteiger partial charge in [0.05, 0.1) is 23.0 Å². The zero-order chi connectivity index (χ0) is 24.6. The SMILES string of the molecule is Cn1c(Nc2ccnc(CCC(=O)O)c2)nc2c1c(=O)n(Cc1ccc(Cl)c(Cl)c1)c(=O)n2C. The standard InChI is InChI=1S/C22H20Cl2N6O4/c1-28-18-19(27-21(28)26-14-7-8-25-13(10-14)4-6-17(31)32)29(2)22(34)30(20(18)33)11-12-3-5-15(23)16(24)9-12/h3,5,7-10H,4,6,11H2,1-2H3,(H,31,32)(H,25,26,27). The Morgan fingerprint density at radius 2 is 1.85 bits per heavy atom. The Hall–Kier alpha value is -3.63. The Labute approximate surface area is 203 Å². The number of aromatic nitrogens is 5. The Morgan fingerprint density at radius 3 is 2.56 bits per heavy atom. The van der Waals surface area contributed by atoms with E-state index in [4.69, 9.17) is 28.3 Å². The van der Waals surface area contributed by atoms with E-state index in [1.807, 2.05) is 0 Å². The summed E-state index contributed by atoms with van der Waals surface area (Å²) in [5.41, 5.74) is 1.32. The first-order valence-electron chi connectivity index (χ1n) is 10.2. The summed E-state index contributed by atoms with van der Waals surface area (Å²) in [7, 11) is 3.21. The zero-order valence-corrected chi connectivity index (χ0v) is 19.8. The van der Waals surface area contributed by atoms with E-state index in [0.717, 1.165) is 4.57 Å². The molecule has 2 N–H and O–H groups in total. The molecule has 0 saturated heterocycles. The zero-order valence-electron chi connectivity index (χ0n) is 18.2. The quantitative estimate of drug-likeness (QED) is 0.398. The molecule has 0 bridgehead atoms. The smallest absolute Gasteiger partial charge is 0.332 e. The van der Waals surface area contributed by atoms with Crippen molar-refractivity contribution in [2.24, 2.45) is 14.1 Å². The molecule has 3 aromatic heterocycles. The summed E-state index contributed by atoms with van der Waals surface area (Å²) in [4.78, 5) is 45.7. The molecule has 0 fully saturated rings. The first-order valence-corrected chi connectivity index (χ1v) is 10.9. The van der Waals surface area contributed by atoms with E-state index in [2.05, 4.69) is 15.3 Å². The van der Waals surface area contributed by atoms with Crippen molar-refractivity contribution in [1.82, 2.24) is 23.7 Å². The predicted octanol–water partition coefficient (Wildman–Crippen LogP) is 2.94. The largest absolute Gasteiger partial charge is 0.481 e. The second kappa shape index (κ2) is 9.32. The van der Waals surface area contributed by atoms with Gasteiger partial charge in [-0.1, -0.05) is 29.3 Å². The summed E-state index contributed by atoms with van der Waals surface area (Å²) in [5, 5.41) is 12.7. The number of halogens is 2. The first-order chi connectivity index (χ1) is 16.2. The molecule has 0 aliphatic rings. The molecule has 4 rings (SSSR count). The van der Waals surface area contributed by atoms with Crippen LogP contribution in [0.4, 0.5) is 11.6 Å². The number of carboxylic acid groups (broad SMARTS) is 1. The number of aryl methyl sites for hydroxylation is 3. The number of nitrogens with zero attached hydrogens (tertiary/aromatic N) is 5. The number of aliphatic carboxylic acids is 1. The maximum atomic E-state index is 13.3. The molecule has 176 valence electrons. The highest BCUT2D eigenvalue weighted by Gasteiger charge is 2.19. The van der Waals surface area contributed by atoms with Gasteiger partial charge >= 0.3 is 11.7 Å². The highest BCUT2D eigenvalue weighted by molar-refractivity contribution is 6.42. The summed E-state index contributed by atoms with van der Waals surface area (Å²) >= 11 is 12.0. The topological polar surface area (TPSA) is 124 Å². The highest BCUT2D eigenvalue weighted by Crippen LogP contribution is 2.23. The van der Waals surface area contributed by atoms with Crippen LogP contribution in [0.2, 0.25) is 10.0 Å². The number of benzene rings is 1. The second-order valence-corrected chi connectivity index (χ2v) is 8.52. The molecule has 0 spiro atoms. The first kappa shape index (κ1) is 23.5. The molecule has 0 aliphatic heterocycles. The minimum absolute atomic E-state index is 0.0174. The Morgan fingerprint density at radius 1 is 1.09 bits per heavy atom. The van der Waals surface area contributed by atoms with Gasteiger partial charge in [-0.15, -0.1) is 0 Å². The van der Waals surface area contributed by atoms with Gasteiger partial charge in [-0.05, 0) is 29.8 Å². The number of rotatable bonds is 7. The van der Waals surface area contributed by atoms with Crippen molar-refractivity contribution >= 4 is 52.0 Å². The van der Waals surface area contributed by atoms with E-state index in [9.17, 15) is 14.4 Å². The number of hydrogen-bond donors (Lipinski definition) is 2. The van der Waals surface area contributed by atoms with Crippen molar-refractivity contribution in [2.45, 2.75) is 19.4 Å². The van der Waals surface area contributed by atoms with Crippen LogP contribution in [-0.4, -0.2) is 34.7 Å².